The summed E-state index contributed by atoms with van der Waals surface area (Å²) in [6.45, 7) is 7.60. The highest BCUT2D eigenvalue weighted by Crippen LogP contribution is 2.26. The number of carbonyl (C=O) groups is 1. The van der Waals surface area contributed by atoms with Gasteiger partial charge in [-0.3, -0.25) is 14.3 Å². The summed E-state index contributed by atoms with van der Waals surface area (Å²) in [5, 5.41) is 9.41. The molecule has 0 spiro atoms. The van der Waals surface area contributed by atoms with Gasteiger partial charge in [0.05, 0.1) is 18.6 Å². The lowest BCUT2D eigenvalue weighted by Gasteiger charge is -2.09. The molecule has 8 heteroatoms. The predicted octanol–water partition coefficient (Wildman–Crippen LogP) is 4.78. The van der Waals surface area contributed by atoms with Gasteiger partial charge < -0.3 is 8.98 Å². The Kier molecular flexibility index (Phi) is 6.36. The Morgan fingerprint density at radius 1 is 1.16 bits per heavy atom. The molecule has 7 nitrogen and oxygen atoms in total. The first-order valence-electron chi connectivity index (χ1n) is 10.3. The van der Waals surface area contributed by atoms with Crippen LogP contribution in [0.1, 0.15) is 40.9 Å². The third kappa shape index (κ3) is 4.49. The highest BCUT2D eigenvalue weighted by Gasteiger charge is 2.20. The highest BCUT2D eigenvalue weighted by atomic mass is 32.2. The summed E-state index contributed by atoms with van der Waals surface area (Å²) in [5.74, 6) is 1.87. The van der Waals surface area contributed by atoms with Gasteiger partial charge in [-0.1, -0.05) is 18.7 Å². The number of nitrogens with zero attached hydrogens (tertiary/aromatic N) is 5. The monoisotopic (exact) mass is 435 g/mol. The fourth-order valence-electron chi connectivity index (χ4n) is 3.66. The smallest absolute Gasteiger partial charge is 0.192 e. The second-order valence-electron chi connectivity index (χ2n) is 7.36. The van der Waals surface area contributed by atoms with Gasteiger partial charge in [0.15, 0.2) is 16.8 Å². The van der Waals surface area contributed by atoms with Crippen molar-refractivity contribution in [3.05, 3.63) is 71.7 Å². The van der Waals surface area contributed by atoms with E-state index in [1.807, 2.05) is 48.7 Å². The summed E-state index contributed by atoms with van der Waals surface area (Å²) < 4.78 is 9.70. The van der Waals surface area contributed by atoms with E-state index in [4.69, 9.17) is 4.42 Å². The lowest BCUT2D eigenvalue weighted by atomic mass is 10.2. The van der Waals surface area contributed by atoms with Crippen LogP contribution in [0.5, 0.6) is 0 Å². The first kappa shape index (κ1) is 21.1. The predicted molar refractivity (Wildman–Crippen MR) is 120 cm³/mol. The van der Waals surface area contributed by atoms with Crippen LogP contribution >= 0.6 is 11.8 Å². The molecular weight excluding hydrogens is 410 g/mol. The second-order valence-corrected chi connectivity index (χ2v) is 8.30. The first-order chi connectivity index (χ1) is 15.1. The summed E-state index contributed by atoms with van der Waals surface area (Å²) in [6.07, 6.45) is 6.16. The maximum Gasteiger partial charge on any atom is 0.192 e. The third-order valence-corrected chi connectivity index (χ3v) is 6.15. The topological polar surface area (TPSA) is 78.7 Å². The fraction of sp³-hybridized carbons (Fsp3) is 0.304. The second kappa shape index (κ2) is 9.34. The van der Waals surface area contributed by atoms with Crippen molar-refractivity contribution in [2.24, 2.45) is 0 Å². The Morgan fingerprint density at radius 2 is 2.03 bits per heavy atom. The molecule has 0 radical (unpaired) electrons. The molecule has 31 heavy (non-hydrogen) atoms. The van der Waals surface area contributed by atoms with Crippen molar-refractivity contribution in [3.63, 3.8) is 0 Å². The van der Waals surface area contributed by atoms with Gasteiger partial charge >= 0.3 is 0 Å². The summed E-state index contributed by atoms with van der Waals surface area (Å²) in [7, 11) is 0. The van der Waals surface area contributed by atoms with Gasteiger partial charge in [-0.2, -0.15) is 0 Å². The van der Waals surface area contributed by atoms with E-state index in [2.05, 4.69) is 26.7 Å². The van der Waals surface area contributed by atoms with Crippen LogP contribution in [-0.2, 0) is 13.1 Å². The Bertz CT molecular complexity index is 1160. The molecular formula is C23H25N5O2S. The van der Waals surface area contributed by atoms with Crippen LogP contribution in [0, 0.1) is 13.8 Å². The van der Waals surface area contributed by atoms with Crippen LogP contribution in [-0.4, -0.2) is 35.9 Å². The summed E-state index contributed by atoms with van der Waals surface area (Å²) >= 11 is 1.39. The molecule has 0 N–H and O–H groups in total. The molecule has 0 bridgehead atoms. The van der Waals surface area contributed by atoms with Crippen molar-refractivity contribution in [2.45, 2.75) is 45.4 Å². The molecule has 0 atom stereocenters. The zero-order chi connectivity index (χ0) is 21.8. The van der Waals surface area contributed by atoms with Gasteiger partial charge in [-0.05, 0) is 50.6 Å². The molecule has 0 unspecified atom stereocenters. The number of thioether (sulfide) groups is 1. The number of furan rings is 1. The lowest BCUT2D eigenvalue weighted by Crippen LogP contribution is -2.08. The fourth-order valence-corrected chi connectivity index (χ4v) is 4.49. The van der Waals surface area contributed by atoms with Gasteiger partial charge in [-0.25, -0.2) is 0 Å². The Hall–Kier alpha value is -3.13. The molecule has 0 fully saturated rings. The molecule has 4 aromatic heterocycles. The standard InChI is InChI=1S/C23H25N5O2S/c1-4-10-27-16(2)12-20(17(27)3)21(29)15-31-23-26-25-22(18-7-5-9-24-13-18)28(23)14-19-8-6-11-30-19/h5-9,11-13H,4,10,14-15H2,1-3H3. The molecule has 0 saturated carbocycles. The summed E-state index contributed by atoms with van der Waals surface area (Å²) in [5.41, 5.74) is 3.79. The average molecular weight is 436 g/mol. The van der Waals surface area contributed by atoms with E-state index in [9.17, 15) is 4.79 Å². The molecule has 4 aromatic rings. The third-order valence-electron chi connectivity index (χ3n) is 5.18. The number of hydrogen-bond donors (Lipinski definition) is 0. The number of Topliss-reactive ketones (excluding diaryl/α,β-unsaturated/α-hetero) is 1. The largest absolute Gasteiger partial charge is 0.467 e. The normalized spacial score (nSPS) is 11.2. The zero-order valence-corrected chi connectivity index (χ0v) is 18.7. The molecule has 0 aliphatic carbocycles. The lowest BCUT2D eigenvalue weighted by molar-refractivity contribution is 0.102. The first-order valence-corrected chi connectivity index (χ1v) is 11.3. The Morgan fingerprint density at radius 3 is 2.74 bits per heavy atom. The van der Waals surface area contributed by atoms with Crippen LogP contribution in [0.4, 0.5) is 0 Å². The maximum absolute atomic E-state index is 13.0. The van der Waals surface area contributed by atoms with E-state index >= 15 is 0 Å². The number of aromatic nitrogens is 5. The van der Waals surface area contributed by atoms with Gasteiger partial charge in [0.1, 0.15) is 5.76 Å². The van der Waals surface area contributed by atoms with E-state index in [1.165, 1.54) is 11.8 Å². The maximum atomic E-state index is 13.0. The number of aryl methyl sites for hydroxylation is 1. The minimum atomic E-state index is 0.0935. The Balaban J connectivity index is 1.58. The molecule has 0 amide bonds. The minimum absolute atomic E-state index is 0.0935. The molecule has 4 rings (SSSR count). The average Bonchev–Trinajstić information content (AvgIpc) is 3.50. The molecule has 0 saturated heterocycles. The van der Waals surface area contributed by atoms with Gasteiger partial charge in [0.2, 0.25) is 0 Å². The number of pyridine rings is 1. The number of hydrogen-bond acceptors (Lipinski definition) is 6. The molecule has 0 aliphatic rings. The zero-order valence-electron chi connectivity index (χ0n) is 17.9. The van der Waals surface area contributed by atoms with Crippen LogP contribution in [0.25, 0.3) is 11.4 Å². The number of carbonyl (C=O) groups excluding carboxylic acids is 1. The SMILES string of the molecule is CCCn1c(C)cc(C(=O)CSc2nnc(-c3cccnc3)n2Cc2ccco2)c1C. The highest BCUT2D eigenvalue weighted by molar-refractivity contribution is 7.99. The van der Waals surface area contributed by atoms with Crippen molar-refractivity contribution in [3.8, 4) is 11.4 Å². The summed E-state index contributed by atoms with van der Waals surface area (Å²) in [6, 6.07) is 9.56. The van der Waals surface area contributed by atoms with Crippen molar-refractivity contribution in [1.29, 1.82) is 0 Å². The molecule has 0 aromatic carbocycles. The van der Waals surface area contributed by atoms with E-state index in [-0.39, 0.29) is 5.78 Å². The minimum Gasteiger partial charge on any atom is -0.467 e. The quantitative estimate of drug-likeness (QED) is 0.278. The van der Waals surface area contributed by atoms with Crippen LogP contribution < -0.4 is 0 Å². The van der Waals surface area contributed by atoms with Crippen molar-refractivity contribution < 1.29 is 9.21 Å². The van der Waals surface area contributed by atoms with Crippen molar-refractivity contribution in [1.82, 2.24) is 24.3 Å². The van der Waals surface area contributed by atoms with Crippen molar-refractivity contribution >= 4 is 17.5 Å². The molecule has 0 aliphatic heterocycles. The summed E-state index contributed by atoms with van der Waals surface area (Å²) in [4.78, 5) is 17.2. The van der Waals surface area contributed by atoms with E-state index < -0.39 is 0 Å². The van der Waals surface area contributed by atoms with E-state index in [0.29, 0.717) is 23.3 Å². The van der Waals surface area contributed by atoms with Gasteiger partial charge in [0.25, 0.3) is 0 Å². The van der Waals surface area contributed by atoms with E-state index in [0.717, 1.165) is 41.2 Å². The number of rotatable bonds is 9. The molecule has 160 valence electrons. The van der Waals surface area contributed by atoms with Gasteiger partial charge in [-0.15, -0.1) is 10.2 Å². The number of ketones is 1. The van der Waals surface area contributed by atoms with Crippen molar-refractivity contribution in [2.75, 3.05) is 5.75 Å². The van der Waals surface area contributed by atoms with Crippen LogP contribution in [0.2, 0.25) is 0 Å². The van der Waals surface area contributed by atoms with Crippen LogP contribution in [0.3, 0.4) is 0 Å². The van der Waals surface area contributed by atoms with Crippen LogP contribution in [0.15, 0.2) is 58.6 Å². The Labute approximate surface area is 185 Å². The van der Waals surface area contributed by atoms with Gasteiger partial charge in [0, 0.05) is 41.5 Å². The van der Waals surface area contributed by atoms with E-state index in [1.54, 1.807) is 18.7 Å². The molecule has 4 heterocycles.